The highest BCUT2D eigenvalue weighted by Gasteiger charge is 2.05. The van der Waals surface area contributed by atoms with Gasteiger partial charge in [-0.2, -0.15) is 16.8 Å². The molecule has 41 heavy (non-hydrogen) atoms. The van der Waals surface area contributed by atoms with Crippen molar-refractivity contribution in [3.8, 4) is 0 Å². The fraction of sp³-hybridized carbons (Fsp3) is 1.00. The molecule has 0 heterocycles. The Morgan fingerprint density at radius 1 is 0.512 bits per heavy atom. The maximum absolute atomic E-state index is 8.74. The Morgan fingerprint density at radius 3 is 0.878 bits per heavy atom. The molecule has 0 aliphatic carbocycles. The standard InChI is InChI=1S/C12H26.C6H15NO6.C4H10O.H3N.2H2O4S/c1-3-5-7-9-11-12-10-8-6-4-2;8-1-4-11-7(12-5-2-9)13-6-3-10;1-3-5-4-2;;2*1-5(2,3)4/h3-12H2,1-2H3;8-10H,1-6H2;3-4H2,1-2H3;1H3;2*(H2,1,2,3,4). The first kappa shape index (κ1) is 53.0. The third-order valence-electron chi connectivity index (χ3n) is 3.73. The van der Waals surface area contributed by atoms with E-state index in [1.54, 1.807) is 0 Å². The number of unbranched alkanes of at least 4 members (excludes halogenated alkanes) is 9. The zero-order chi connectivity index (χ0) is 32.1. The van der Waals surface area contributed by atoms with Gasteiger partial charge in [0.1, 0.15) is 0 Å². The van der Waals surface area contributed by atoms with Crippen molar-refractivity contribution >= 4 is 20.8 Å². The molecule has 0 aromatic rings. The summed E-state index contributed by atoms with van der Waals surface area (Å²) in [5, 5.41) is 25.9. The second-order valence-electron chi connectivity index (χ2n) is 7.40. The van der Waals surface area contributed by atoms with Crippen LogP contribution in [0.4, 0.5) is 0 Å². The summed E-state index contributed by atoms with van der Waals surface area (Å²) < 4.78 is 68.0. The zero-order valence-corrected chi connectivity index (χ0v) is 26.7. The summed E-state index contributed by atoms with van der Waals surface area (Å²) in [5.41, 5.74) is 0. The van der Waals surface area contributed by atoms with Crippen LogP contribution in [-0.4, -0.2) is 109 Å². The summed E-state index contributed by atoms with van der Waals surface area (Å²) in [7, 11) is -9.33. The predicted octanol–water partition coefficient (Wildman–Crippen LogP) is 2.89. The minimum Gasteiger partial charge on any atom is -0.394 e. The van der Waals surface area contributed by atoms with E-state index >= 15 is 0 Å². The highest BCUT2D eigenvalue weighted by molar-refractivity contribution is 7.80. The van der Waals surface area contributed by atoms with Gasteiger partial charge < -0.3 is 26.2 Å². The van der Waals surface area contributed by atoms with Gasteiger partial charge in [0.25, 0.3) is 0 Å². The topological polar surface area (TPSA) is 285 Å². The monoisotopic (exact) mass is 654 g/mol. The Labute approximate surface area is 246 Å². The van der Waals surface area contributed by atoms with Crippen molar-refractivity contribution in [2.24, 2.45) is 0 Å². The number of ether oxygens (including phenoxy) is 1. The molecule has 17 nitrogen and oxygen atoms in total. The molecule has 0 bridgehead atoms. The fourth-order valence-electron chi connectivity index (χ4n) is 2.22. The first-order chi connectivity index (χ1) is 18.7. The van der Waals surface area contributed by atoms with Gasteiger partial charge in [-0.15, -0.1) is 0 Å². The van der Waals surface area contributed by atoms with Crippen LogP contribution in [-0.2, 0) is 40.0 Å². The summed E-state index contributed by atoms with van der Waals surface area (Å²) in [6.07, 6.45) is 14.4. The molecule has 0 spiro atoms. The van der Waals surface area contributed by atoms with Gasteiger partial charge >= 0.3 is 20.8 Å². The largest absolute Gasteiger partial charge is 0.394 e. The van der Waals surface area contributed by atoms with Crippen LogP contribution in [0.3, 0.4) is 0 Å². The Morgan fingerprint density at radius 2 is 0.732 bits per heavy atom. The number of aliphatic hydroxyl groups is 3. The molecule has 0 unspecified atom stereocenters. The lowest BCUT2D eigenvalue weighted by atomic mass is 10.1. The number of hydrogen-bond donors (Lipinski definition) is 8. The van der Waals surface area contributed by atoms with Gasteiger partial charge in [-0.05, 0) is 13.8 Å². The highest BCUT2D eigenvalue weighted by atomic mass is 32.3. The van der Waals surface area contributed by atoms with Gasteiger partial charge in [0, 0.05) is 13.2 Å². The molecule has 258 valence electrons. The normalized spacial score (nSPS) is 10.4. The maximum atomic E-state index is 8.74. The van der Waals surface area contributed by atoms with Crippen LogP contribution in [0.5, 0.6) is 0 Å². The lowest BCUT2D eigenvalue weighted by molar-refractivity contribution is -0.527. The highest BCUT2D eigenvalue weighted by Crippen LogP contribution is 2.09. The van der Waals surface area contributed by atoms with E-state index in [2.05, 4.69) is 13.8 Å². The summed E-state index contributed by atoms with van der Waals surface area (Å²) in [6.45, 7) is 9.72. The summed E-state index contributed by atoms with van der Waals surface area (Å²) in [4.78, 5) is 14.1. The molecule has 0 radical (unpaired) electrons. The van der Waals surface area contributed by atoms with E-state index in [4.69, 9.17) is 69.6 Å². The third kappa shape index (κ3) is 110. The smallest absolute Gasteiger partial charge is 0.394 e. The first-order valence-corrected chi connectivity index (χ1v) is 16.0. The number of hydrogen-bond acceptors (Lipinski definition) is 13. The average Bonchev–Trinajstić information content (AvgIpc) is 2.84. The molecule has 0 rings (SSSR count). The lowest BCUT2D eigenvalue weighted by Gasteiger charge is -2.17. The fourth-order valence-corrected chi connectivity index (χ4v) is 2.22. The van der Waals surface area contributed by atoms with Crippen LogP contribution in [0.1, 0.15) is 91.9 Å². The van der Waals surface area contributed by atoms with Gasteiger partial charge in [-0.3, -0.25) is 18.2 Å². The van der Waals surface area contributed by atoms with Crippen LogP contribution in [0.2, 0.25) is 0 Å². The third-order valence-corrected chi connectivity index (χ3v) is 3.73. The molecular weight excluding hydrogens is 596 g/mol. The molecule has 19 heteroatoms. The van der Waals surface area contributed by atoms with Crippen LogP contribution >= 0.6 is 0 Å². The van der Waals surface area contributed by atoms with E-state index in [1.807, 2.05) is 13.8 Å². The van der Waals surface area contributed by atoms with Crippen molar-refractivity contribution in [3.05, 3.63) is 0 Å². The minimum absolute atomic E-state index is 0. The quantitative estimate of drug-likeness (QED) is 0.0531. The number of nitrogens with zero attached hydrogens (tertiary/aromatic N) is 1. The van der Waals surface area contributed by atoms with Crippen molar-refractivity contribution in [1.82, 2.24) is 11.5 Å². The zero-order valence-electron chi connectivity index (χ0n) is 25.1. The van der Waals surface area contributed by atoms with E-state index in [1.165, 1.54) is 64.2 Å². The molecular formula is C22H58N2O15S2. The van der Waals surface area contributed by atoms with Gasteiger partial charge in [0.05, 0.1) is 45.0 Å². The van der Waals surface area contributed by atoms with E-state index < -0.39 is 20.8 Å². The van der Waals surface area contributed by atoms with Crippen LogP contribution < -0.4 is 6.15 Å². The average molecular weight is 655 g/mol. The van der Waals surface area contributed by atoms with Crippen molar-refractivity contribution in [3.63, 3.8) is 0 Å². The van der Waals surface area contributed by atoms with Gasteiger partial charge in [-0.1, -0.05) is 78.1 Å². The van der Waals surface area contributed by atoms with Crippen molar-refractivity contribution in [1.29, 1.82) is 0 Å². The molecule has 0 atom stereocenters. The van der Waals surface area contributed by atoms with Gasteiger partial charge in [0.15, 0.2) is 0 Å². The van der Waals surface area contributed by atoms with Crippen LogP contribution in [0.25, 0.3) is 0 Å². The van der Waals surface area contributed by atoms with Gasteiger partial charge in [-0.25, -0.2) is 14.5 Å². The van der Waals surface area contributed by atoms with Gasteiger partial charge in [0.2, 0.25) is 0 Å². The molecule has 0 aromatic heterocycles. The van der Waals surface area contributed by atoms with E-state index in [9.17, 15) is 0 Å². The van der Waals surface area contributed by atoms with Crippen molar-refractivity contribution in [2.75, 3.05) is 52.9 Å². The lowest BCUT2D eigenvalue weighted by Crippen LogP contribution is -2.28. The Bertz CT molecular complexity index is 566. The Kier molecular flexibility index (Phi) is 56.6. The van der Waals surface area contributed by atoms with Crippen LogP contribution in [0, 0.1) is 0 Å². The molecule has 0 saturated heterocycles. The first-order valence-electron chi connectivity index (χ1n) is 13.2. The van der Waals surface area contributed by atoms with E-state index in [-0.39, 0.29) is 45.8 Å². The Balaban J connectivity index is -0.0000000999. The maximum Gasteiger partial charge on any atom is 0.394 e. The predicted molar refractivity (Wildman–Crippen MR) is 154 cm³/mol. The minimum atomic E-state index is -4.67. The number of rotatable bonds is 20. The molecule has 10 N–H and O–H groups in total. The summed E-state index contributed by atoms with van der Waals surface area (Å²) in [6, 6.07) is 0. The van der Waals surface area contributed by atoms with Crippen LogP contribution in [0.15, 0.2) is 0 Å². The molecule has 0 aliphatic rings. The van der Waals surface area contributed by atoms with E-state index in [0.29, 0.717) is 5.39 Å². The molecule has 0 aromatic carbocycles. The number of aliphatic hydroxyl groups excluding tert-OH is 3. The van der Waals surface area contributed by atoms with Crippen molar-refractivity contribution < 1.29 is 69.6 Å². The second-order valence-corrected chi connectivity index (χ2v) is 9.19. The van der Waals surface area contributed by atoms with E-state index in [0.717, 1.165) is 13.2 Å². The molecule has 0 fully saturated rings. The summed E-state index contributed by atoms with van der Waals surface area (Å²) in [5.74, 6) is 0. The summed E-state index contributed by atoms with van der Waals surface area (Å²) >= 11 is 0. The second kappa shape index (κ2) is 43.8. The van der Waals surface area contributed by atoms with Crippen molar-refractivity contribution in [2.45, 2.75) is 91.9 Å². The molecule has 0 aliphatic heterocycles. The Hall–Kier alpha value is -0.620. The molecule has 0 saturated carbocycles. The molecule has 0 amide bonds. The SMILES string of the molecule is CCCCCCCCCCCC.CCOCC.N.O=S(=O)(O)O.O=S(=O)(O)O.OCCON(OCCO)OCCO.